The Balaban J connectivity index is 2.19. The van der Waals surface area contributed by atoms with Crippen molar-refractivity contribution in [2.24, 2.45) is 0 Å². The van der Waals surface area contributed by atoms with E-state index in [9.17, 15) is 4.39 Å². The van der Waals surface area contributed by atoms with Crippen molar-refractivity contribution < 1.29 is 4.39 Å². The van der Waals surface area contributed by atoms with Gasteiger partial charge in [0.05, 0.1) is 5.54 Å². The van der Waals surface area contributed by atoms with Crippen molar-refractivity contribution in [3.8, 4) is 0 Å². The van der Waals surface area contributed by atoms with E-state index in [1.807, 2.05) is 0 Å². The number of aromatic nitrogens is 3. The first-order chi connectivity index (χ1) is 7.69. The van der Waals surface area contributed by atoms with E-state index in [1.54, 1.807) is 10.5 Å². The number of halogens is 1. The maximum atomic E-state index is 13.2. The molecule has 0 aromatic carbocycles. The molecule has 1 atom stereocenters. The van der Waals surface area contributed by atoms with Crippen LogP contribution in [0, 0.1) is 5.82 Å². The first-order valence-electron chi connectivity index (χ1n) is 5.45. The summed E-state index contributed by atoms with van der Waals surface area (Å²) in [6.45, 7) is 3.06. The van der Waals surface area contributed by atoms with Crippen LogP contribution in [-0.2, 0) is 5.54 Å². The molecule has 1 saturated heterocycles. The fraction of sp³-hybridized carbons (Fsp3) is 0.455. The lowest BCUT2D eigenvalue weighted by molar-refractivity contribution is 0.402. The van der Waals surface area contributed by atoms with Gasteiger partial charge in [-0.25, -0.2) is 4.39 Å². The highest BCUT2D eigenvalue weighted by Crippen LogP contribution is 2.29. The zero-order valence-corrected chi connectivity index (χ0v) is 9.07. The van der Waals surface area contributed by atoms with Gasteiger partial charge in [-0.2, -0.15) is 0 Å². The van der Waals surface area contributed by atoms with E-state index in [2.05, 4.69) is 22.4 Å². The Morgan fingerprint density at radius 1 is 1.44 bits per heavy atom. The van der Waals surface area contributed by atoms with Gasteiger partial charge in [-0.05, 0) is 38.4 Å². The molecular formula is C11H13FN4. The summed E-state index contributed by atoms with van der Waals surface area (Å²) in [7, 11) is 0. The standard InChI is InChI=1S/C11H13FN4/c1-11(5-2-6-13-11)10-15-14-9-4-3-8(12)7-16(9)10/h3-4,7,13H,2,5-6H2,1H3. The van der Waals surface area contributed by atoms with Crippen LogP contribution in [-0.4, -0.2) is 21.1 Å². The van der Waals surface area contributed by atoms with Crippen molar-refractivity contribution in [2.45, 2.75) is 25.3 Å². The Hall–Kier alpha value is -1.49. The molecule has 1 fully saturated rings. The SMILES string of the molecule is CC1(c2nnc3ccc(F)cn23)CCCN1. The maximum absolute atomic E-state index is 13.2. The second-order valence-electron chi connectivity index (χ2n) is 4.46. The van der Waals surface area contributed by atoms with E-state index in [0.717, 1.165) is 25.2 Å². The molecule has 5 heteroatoms. The van der Waals surface area contributed by atoms with Crippen LogP contribution < -0.4 is 5.32 Å². The fourth-order valence-corrected chi connectivity index (χ4v) is 2.33. The van der Waals surface area contributed by atoms with E-state index in [-0.39, 0.29) is 11.4 Å². The molecule has 0 spiro atoms. The summed E-state index contributed by atoms with van der Waals surface area (Å²) < 4.78 is 14.9. The van der Waals surface area contributed by atoms with Gasteiger partial charge in [-0.1, -0.05) is 0 Å². The highest BCUT2D eigenvalue weighted by Gasteiger charge is 2.34. The quantitative estimate of drug-likeness (QED) is 0.791. The van der Waals surface area contributed by atoms with Crippen molar-refractivity contribution in [1.82, 2.24) is 19.9 Å². The Morgan fingerprint density at radius 3 is 3.06 bits per heavy atom. The maximum Gasteiger partial charge on any atom is 0.161 e. The van der Waals surface area contributed by atoms with Crippen molar-refractivity contribution >= 4 is 5.65 Å². The van der Waals surface area contributed by atoms with Crippen LogP contribution in [0.5, 0.6) is 0 Å². The van der Waals surface area contributed by atoms with Crippen molar-refractivity contribution in [1.29, 1.82) is 0 Å². The molecule has 2 aromatic heterocycles. The zero-order chi connectivity index (χ0) is 11.2. The number of fused-ring (bicyclic) bond motifs is 1. The van der Waals surface area contributed by atoms with Crippen LogP contribution in [0.2, 0.25) is 0 Å². The minimum atomic E-state index is -0.268. The van der Waals surface area contributed by atoms with Gasteiger partial charge in [-0.3, -0.25) is 4.40 Å². The lowest BCUT2D eigenvalue weighted by atomic mass is 9.99. The van der Waals surface area contributed by atoms with Gasteiger partial charge in [0.1, 0.15) is 5.82 Å². The molecule has 2 aromatic rings. The molecule has 1 N–H and O–H groups in total. The highest BCUT2D eigenvalue weighted by molar-refractivity contribution is 5.38. The third-order valence-corrected chi connectivity index (χ3v) is 3.23. The van der Waals surface area contributed by atoms with E-state index < -0.39 is 0 Å². The van der Waals surface area contributed by atoms with E-state index in [0.29, 0.717) is 5.65 Å². The number of hydrogen-bond donors (Lipinski definition) is 1. The lowest BCUT2D eigenvalue weighted by Crippen LogP contribution is -2.35. The first kappa shape index (κ1) is 9.72. The van der Waals surface area contributed by atoms with Crippen molar-refractivity contribution in [3.63, 3.8) is 0 Å². The van der Waals surface area contributed by atoms with Gasteiger partial charge in [0.2, 0.25) is 0 Å². The third-order valence-electron chi connectivity index (χ3n) is 3.23. The Bertz CT molecular complexity index is 528. The minimum absolute atomic E-state index is 0.187. The fourth-order valence-electron chi connectivity index (χ4n) is 2.33. The predicted molar refractivity (Wildman–Crippen MR) is 57.5 cm³/mol. The minimum Gasteiger partial charge on any atom is -0.305 e. The van der Waals surface area contributed by atoms with E-state index in [4.69, 9.17) is 0 Å². The highest BCUT2D eigenvalue weighted by atomic mass is 19.1. The van der Waals surface area contributed by atoms with Crippen molar-refractivity contribution in [2.75, 3.05) is 6.54 Å². The number of nitrogens with one attached hydrogen (secondary N) is 1. The summed E-state index contributed by atoms with van der Waals surface area (Å²) in [6, 6.07) is 3.04. The van der Waals surface area contributed by atoms with Crippen LogP contribution in [0.4, 0.5) is 4.39 Å². The molecule has 84 valence electrons. The summed E-state index contributed by atoms with van der Waals surface area (Å²) >= 11 is 0. The van der Waals surface area contributed by atoms with Crippen LogP contribution in [0.15, 0.2) is 18.3 Å². The van der Waals surface area contributed by atoms with Gasteiger partial charge < -0.3 is 5.32 Å². The molecule has 0 bridgehead atoms. The molecule has 3 heterocycles. The van der Waals surface area contributed by atoms with E-state index in [1.165, 1.54) is 12.3 Å². The Kier molecular flexibility index (Phi) is 1.97. The molecular weight excluding hydrogens is 207 g/mol. The number of pyridine rings is 1. The van der Waals surface area contributed by atoms with Crippen molar-refractivity contribution in [3.05, 3.63) is 30.0 Å². The van der Waals surface area contributed by atoms with Gasteiger partial charge in [0.25, 0.3) is 0 Å². The molecule has 0 radical (unpaired) electrons. The van der Waals surface area contributed by atoms with Gasteiger partial charge in [-0.15, -0.1) is 10.2 Å². The van der Waals surface area contributed by atoms with Gasteiger partial charge in [0, 0.05) is 6.20 Å². The molecule has 0 amide bonds. The van der Waals surface area contributed by atoms with Crippen LogP contribution >= 0.6 is 0 Å². The predicted octanol–water partition coefficient (Wildman–Crippen LogP) is 1.47. The third kappa shape index (κ3) is 1.31. The second-order valence-corrected chi connectivity index (χ2v) is 4.46. The van der Waals surface area contributed by atoms with Gasteiger partial charge >= 0.3 is 0 Å². The molecule has 0 aliphatic carbocycles. The van der Waals surface area contributed by atoms with E-state index >= 15 is 0 Å². The molecule has 0 saturated carbocycles. The number of nitrogens with zero attached hydrogens (tertiary/aromatic N) is 3. The lowest BCUT2D eigenvalue weighted by Gasteiger charge is -2.21. The first-order valence-corrected chi connectivity index (χ1v) is 5.45. The normalized spacial score (nSPS) is 25.4. The summed E-state index contributed by atoms with van der Waals surface area (Å²) in [5.74, 6) is 0.523. The Morgan fingerprint density at radius 2 is 2.31 bits per heavy atom. The largest absolute Gasteiger partial charge is 0.305 e. The number of rotatable bonds is 1. The second kappa shape index (κ2) is 3.25. The van der Waals surface area contributed by atoms with Crippen LogP contribution in [0.1, 0.15) is 25.6 Å². The Labute approximate surface area is 92.5 Å². The molecule has 16 heavy (non-hydrogen) atoms. The molecule has 4 nitrogen and oxygen atoms in total. The monoisotopic (exact) mass is 220 g/mol. The summed E-state index contributed by atoms with van der Waals surface area (Å²) in [6.07, 6.45) is 3.56. The topological polar surface area (TPSA) is 42.2 Å². The molecule has 1 aliphatic heterocycles. The molecule has 1 unspecified atom stereocenters. The summed E-state index contributed by atoms with van der Waals surface area (Å²) in [4.78, 5) is 0. The van der Waals surface area contributed by atoms with Crippen LogP contribution in [0.3, 0.4) is 0 Å². The average molecular weight is 220 g/mol. The number of hydrogen-bond acceptors (Lipinski definition) is 3. The summed E-state index contributed by atoms with van der Waals surface area (Å²) in [5.41, 5.74) is 0.499. The van der Waals surface area contributed by atoms with Crippen LogP contribution in [0.25, 0.3) is 5.65 Å². The molecule has 3 rings (SSSR count). The van der Waals surface area contributed by atoms with Gasteiger partial charge in [0.15, 0.2) is 11.5 Å². The average Bonchev–Trinajstić information content (AvgIpc) is 2.84. The molecule has 1 aliphatic rings. The smallest absolute Gasteiger partial charge is 0.161 e. The summed E-state index contributed by atoms with van der Waals surface area (Å²) in [5, 5.41) is 11.6. The zero-order valence-electron chi connectivity index (χ0n) is 9.07.